The lowest BCUT2D eigenvalue weighted by Gasteiger charge is -2.25. The van der Waals surface area contributed by atoms with Gasteiger partial charge in [0, 0.05) is 6.54 Å². The van der Waals surface area contributed by atoms with Crippen molar-refractivity contribution in [2.45, 2.75) is 26.7 Å². The van der Waals surface area contributed by atoms with Gasteiger partial charge in [0.05, 0.1) is 17.5 Å². The number of methoxy groups -OCH3 is 1. The largest absolute Gasteiger partial charge is 0.497 e. The summed E-state index contributed by atoms with van der Waals surface area (Å²) in [6, 6.07) is 7.78. The molecule has 1 atom stereocenters. The van der Waals surface area contributed by atoms with Gasteiger partial charge in [0.15, 0.2) is 0 Å². The molecule has 0 aliphatic carbocycles. The lowest BCUT2D eigenvalue weighted by atomic mass is 9.86. The molecule has 1 unspecified atom stereocenters. The Morgan fingerprint density at radius 2 is 2.00 bits per heavy atom. The first-order valence-corrected chi connectivity index (χ1v) is 7.06. The molecule has 0 heterocycles. The number of benzene rings is 1. The van der Waals surface area contributed by atoms with E-state index in [0.717, 1.165) is 17.7 Å². The first-order valence-electron chi connectivity index (χ1n) is 6.65. The number of nitrogens with two attached hydrogens (primary N) is 1. The predicted molar refractivity (Wildman–Crippen MR) is 84.9 cm³/mol. The van der Waals surface area contributed by atoms with Gasteiger partial charge in [0.25, 0.3) is 0 Å². The Morgan fingerprint density at radius 3 is 2.45 bits per heavy atom. The van der Waals surface area contributed by atoms with Gasteiger partial charge in [-0.2, -0.15) is 0 Å². The van der Waals surface area contributed by atoms with Gasteiger partial charge < -0.3 is 15.8 Å². The van der Waals surface area contributed by atoms with Crippen molar-refractivity contribution in [1.82, 2.24) is 5.32 Å². The highest BCUT2D eigenvalue weighted by Crippen LogP contribution is 2.21. The fourth-order valence-corrected chi connectivity index (χ4v) is 1.99. The normalized spacial score (nSPS) is 13.3. The smallest absolute Gasteiger partial charge is 0.232 e. The number of rotatable bonds is 7. The fraction of sp³-hybridized carbons (Fsp3) is 0.467. The van der Waals surface area contributed by atoms with Crippen LogP contribution < -0.4 is 15.8 Å². The van der Waals surface area contributed by atoms with Crippen molar-refractivity contribution >= 4 is 23.1 Å². The van der Waals surface area contributed by atoms with E-state index in [4.69, 9.17) is 22.7 Å². The van der Waals surface area contributed by atoms with Gasteiger partial charge in [0.2, 0.25) is 5.91 Å². The van der Waals surface area contributed by atoms with Gasteiger partial charge in [-0.25, -0.2) is 0 Å². The Kier molecular flexibility index (Phi) is 5.95. The van der Waals surface area contributed by atoms with Crippen molar-refractivity contribution in [3.8, 4) is 5.75 Å². The average molecular weight is 294 g/mol. The number of carbonyl (C=O) groups excluding carboxylic acids is 1. The Balaban J connectivity index is 2.51. The van der Waals surface area contributed by atoms with Crippen molar-refractivity contribution < 1.29 is 9.53 Å². The van der Waals surface area contributed by atoms with E-state index >= 15 is 0 Å². The van der Waals surface area contributed by atoms with Crippen LogP contribution in [0.4, 0.5) is 0 Å². The number of amides is 1. The van der Waals surface area contributed by atoms with Crippen LogP contribution in [0.1, 0.15) is 25.8 Å². The Bertz CT molecular complexity index is 473. The molecule has 0 radical (unpaired) electrons. The minimum absolute atomic E-state index is 0.110. The lowest BCUT2D eigenvalue weighted by Crippen LogP contribution is -2.47. The molecule has 110 valence electrons. The molecule has 0 saturated carbocycles. The molecule has 1 aromatic carbocycles. The monoisotopic (exact) mass is 294 g/mol. The van der Waals surface area contributed by atoms with E-state index in [9.17, 15) is 4.79 Å². The summed E-state index contributed by atoms with van der Waals surface area (Å²) < 4.78 is 5.10. The van der Waals surface area contributed by atoms with E-state index in [0.29, 0.717) is 13.0 Å². The molecule has 0 aliphatic heterocycles. The molecule has 0 spiro atoms. The van der Waals surface area contributed by atoms with Gasteiger partial charge in [-0.05, 0) is 37.5 Å². The van der Waals surface area contributed by atoms with Crippen LogP contribution in [-0.4, -0.2) is 24.6 Å². The van der Waals surface area contributed by atoms with Crippen molar-refractivity contribution in [1.29, 1.82) is 0 Å². The lowest BCUT2D eigenvalue weighted by molar-refractivity contribution is -0.126. The zero-order chi connectivity index (χ0) is 15.2. The summed E-state index contributed by atoms with van der Waals surface area (Å²) in [5.41, 5.74) is 6.02. The van der Waals surface area contributed by atoms with Gasteiger partial charge in [-0.15, -0.1) is 0 Å². The number of hydrogen-bond donors (Lipinski definition) is 2. The number of ether oxygens (including phenoxy) is 1. The highest BCUT2D eigenvalue weighted by molar-refractivity contribution is 7.80. The van der Waals surface area contributed by atoms with Crippen LogP contribution in [0.5, 0.6) is 5.75 Å². The number of thiocarbonyl (C=S) groups is 1. The van der Waals surface area contributed by atoms with Crippen LogP contribution in [0, 0.1) is 5.41 Å². The van der Waals surface area contributed by atoms with Crippen LogP contribution in [-0.2, 0) is 11.2 Å². The maximum atomic E-state index is 12.1. The number of nitrogens with one attached hydrogen (secondary N) is 1. The van der Waals surface area contributed by atoms with Crippen molar-refractivity contribution in [3.05, 3.63) is 29.8 Å². The van der Waals surface area contributed by atoms with Gasteiger partial charge in [-0.3, -0.25) is 4.79 Å². The second kappa shape index (κ2) is 7.24. The van der Waals surface area contributed by atoms with Gasteiger partial charge >= 0.3 is 0 Å². The van der Waals surface area contributed by atoms with E-state index in [-0.39, 0.29) is 10.9 Å². The van der Waals surface area contributed by atoms with E-state index in [2.05, 4.69) is 5.32 Å². The molecule has 0 saturated heterocycles. The summed E-state index contributed by atoms with van der Waals surface area (Å²) in [5.74, 6) is 0.714. The zero-order valence-electron chi connectivity index (χ0n) is 12.2. The third-order valence-electron chi connectivity index (χ3n) is 3.61. The molecule has 1 amide bonds. The molecule has 0 fully saturated rings. The number of carbonyl (C=O) groups is 1. The Hall–Kier alpha value is -1.62. The molecule has 0 bridgehead atoms. The highest BCUT2D eigenvalue weighted by atomic mass is 32.1. The quantitative estimate of drug-likeness (QED) is 0.756. The summed E-state index contributed by atoms with van der Waals surface area (Å²) in [6.45, 7) is 4.24. The fourth-order valence-electron chi connectivity index (χ4n) is 1.75. The second-order valence-electron chi connectivity index (χ2n) is 4.90. The minimum Gasteiger partial charge on any atom is -0.497 e. The van der Waals surface area contributed by atoms with Crippen LogP contribution in [0.15, 0.2) is 24.3 Å². The molecule has 20 heavy (non-hydrogen) atoms. The molecule has 1 rings (SSSR count). The summed E-state index contributed by atoms with van der Waals surface area (Å²) in [4.78, 5) is 12.4. The summed E-state index contributed by atoms with van der Waals surface area (Å²) in [5, 5.41) is 2.89. The molecule has 0 aromatic heterocycles. The van der Waals surface area contributed by atoms with Gasteiger partial charge in [-0.1, -0.05) is 31.3 Å². The van der Waals surface area contributed by atoms with Crippen LogP contribution in [0.3, 0.4) is 0 Å². The molecule has 3 N–H and O–H groups in total. The molecular weight excluding hydrogens is 272 g/mol. The van der Waals surface area contributed by atoms with Gasteiger partial charge in [0.1, 0.15) is 5.75 Å². The summed E-state index contributed by atoms with van der Waals surface area (Å²) in [6.07, 6.45) is 1.35. The molecule has 0 aliphatic rings. The van der Waals surface area contributed by atoms with E-state index in [1.165, 1.54) is 0 Å². The van der Waals surface area contributed by atoms with Crippen LogP contribution in [0.25, 0.3) is 0 Å². The van der Waals surface area contributed by atoms with E-state index in [1.54, 1.807) is 14.0 Å². The predicted octanol–water partition coefficient (Wildman–Crippen LogP) is 2.06. The average Bonchev–Trinajstić information content (AvgIpc) is 2.46. The Labute approximate surface area is 125 Å². The molecular formula is C15H22N2O2S. The minimum atomic E-state index is -0.769. The maximum absolute atomic E-state index is 12.1. The zero-order valence-corrected chi connectivity index (χ0v) is 13.0. The SMILES string of the molecule is CCC(C)(C(=O)NCCc1ccc(OC)cc1)C(N)=S. The Morgan fingerprint density at radius 1 is 1.40 bits per heavy atom. The first kappa shape index (κ1) is 16.4. The standard InChI is InChI=1S/C15H22N2O2S/c1-4-15(2,13(16)20)14(18)17-10-9-11-5-7-12(19-3)8-6-11/h5-8H,4,9-10H2,1-3H3,(H2,16,20)(H,17,18). The highest BCUT2D eigenvalue weighted by Gasteiger charge is 2.34. The van der Waals surface area contributed by atoms with E-state index in [1.807, 2.05) is 31.2 Å². The van der Waals surface area contributed by atoms with Crippen LogP contribution >= 0.6 is 12.2 Å². The maximum Gasteiger partial charge on any atom is 0.232 e. The summed E-state index contributed by atoms with van der Waals surface area (Å²) >= 11 is 4.98. The first-order chi connectivity index (χ1) is 9.43. The summed E-state index contributed by atoms with van der Waals surface area (Å²) in [7, 11) is 1.64. The second-order valence-corrected chi connectivity index (χ2v) is 5.34. The van der Waals surface area contributed by atoms with Crippen molar-refractivity contribution in [3.63, 3.8) is 0 Å². The third kappa shape index (κ3) is 3.93. The van der Waals surface area contributed by atoms with Crippen LogP contribution in [0.2, 0.25) is 0 Å². The molecule has 1 aromatic rings. The number of hydrogen-bond acceptors (Lipinski definition) is 3. The van der Waals surface area contributed by atoms with Crippen molar-refractivity contribution in [2.24, 2.45) is 11.1 Å². The molecule has 5 heteroatoms. The topological polar surface area (TPSA) is 64.3 Å². The van der Waals surface area contributed by atoms with Crippen molar-refractivity contribution in [2.75, 3.05) is 13.7 Å². The third-order valence-corrected chi connectivity index (χ3v) is 4.06. The molecule has 4 nitrogen and oxygen atoms in total. The van der Waals surface area contributed by atoms with E-state index < -0.39 is 5.41 Å².